The minimum absolute atomic E-state index is 0.0588. The third-order valence-electron chi connectivity index (χ3n) is 3.50. The molecule has 2 rings (SSSR count). The second-order valence-corrected chi connectivity index (χ2v) is 6.34. The summed E-state index contributed by atoms with van der Waals surface area (Å²) in [6.07, 6.45) is 0.884. The molecule has 0 saturated carbocycles. The van der Waals surface area contributed by atoms with Crippen molar-refractivity contribution in [3.8, 4) is 11.5 Å². The molecule has 1 heterocycles. The first-order chi connectivity index (χ1) is 12.0. The van der Waals surface area contributed by atoms with E-state index in [1.165, 1.54) is 16.4 Å². The number of hydrogen-bond acceptors (Lipinski definition) is 7. The number of methoxy groups -OCH3 is 1. The van der Waals surface area contributed by atoms with Crippen molar-refractivity contribution in [3.63, 3.8) is 0 Å². The van der Waals surface area contributed by atoms with Crippen LogP contribution in [0, 0.1) is 0 Å². The van der Waals surface area contributed by atoms with Gasteiger partial charge in [-0.05, 0) is 25.5 Å². The number of carbonyl (C=O) groups excluding carboxylic acids is 1. The molecule has 0 fully saturated rings. The van der Waals surface area contributed by atoms with Crippen molar-refractivity contribution >= 4 is 17.7 Å². The quantitative estimate of drug-likeness (QED) is 0.513. The lowest BCUT2D eigenvalue weighted by molar-refractivity contribution is -0.119. The number of nitrogens with two attached hydrogens (primary N) is 1. The van der Waals surface area contributed by atoms with E-state index in [1.54, 1.807) is 13.2 Å². The highest BCUT2D eigenvalue weighted by Crippen LogP contribution is 2.20. The Bertz CT molecular complexity index is 707. The standard InChI is InChI=1S/C16H23N5O3S/c1-4-11(2)18-15(22)10-25-16-20-19-14(21(16)17)9-24-13-7-5-6-12(8-13)23-3/h5-8,11H,4,9-10,17H2,1-3H3,(H,18,22). The van der Waals surface area contributed by atoms with Crippen molar-refractivity contribution in [1.29, 1.82) is 0 Å². The number of rotatable bonds is 9. The monoisotopic (exact) mass is 365 g/mol. The number of hydrogen-bond donors (Lipinski definition) is 2. The highest BCUT2D eigenvalue weighted by atomic mass is 32.2. The second kappa shape index (κ2) is 9.16. The van der Waals surface area contributed by atoms with Gasteiger partial charge in [-0.1, -0.05) is 24.8 Å². The Morgan fingerprint density at radius 3 is 2.88 bits per heavy atom. The average molecular weight is 365 g/mol. The molecule has 1 aromatic carbocycles. The maximum Gasteiger partial charge on any atom is 0.230 e. The number of thioether (sulfide) groups is 1. The smallest absolute Gasteiger partial charge is 0.230 e. The number of nitrogen functional groups attached to an aromatic ring is 1. The van der Waals surface area contributed by atoms with Crippen molar-refractivity contribution in [1.82, 2.24) is 20.2 Å². The number of nitrogens with zero attached hydrogens (tertiary/aromatic N) is 3. The molecule has 2 aromatic rings. The zero-order valence-corrected chi connectivity index (χ0v) is 15.4. The van der Waals surface area contributed by atoms with Crippen LogP contribution < -0.4 is 20.6 Å². The molecule has 3 N–H and O–H groups in total. The van der Waals surface area contributed by atoms with E-state index in [9.17, 15) is 4.79 Å². The van der Waals surface area contributed by atoms with Gasteiger partial charge in [-0.3, -0.25) is 4.79 Å². The number of nitrogens with one attached hydrogen (secondary N) is 1. The van der Waals surface area contributed by atoms with E-state index >= 15 is 0 Å². The van der Waals surface area contributed by atoms with Gasteiger partial charge < -0.3 is 20.6 Å². The van der Waals surface area contributed by atoms with Crippen LogP contribution in [0.15, 0.2) is 29.4 Å². The molecule has 1 aromatic heterocycles. The van der Waals surface area contributed by atoms with Crippen LogP contribution in [0.5, 0.6) is 11.5 Å². The van der Waals surface area contributed by atoms with Gasteiger partial charge in [0.15, 0.2) is 5.82 Å². The SMILES string of the molecule is CCC(C)NC(=O)CSc1nnc(COc2cccc(OC)c2)n1N. The third kappa shape index (κ3) is 5.56. The summed E-state index contributed by atoms with van der Waals surface area (Å²) in [5.74, 6) is 7.96. The lowest BCUT2D eigenvalue weighted by Crippen LogP contribution is -2.33. The zero-order valence-electron chi connectivity index (χ0n) is 14.6. The van der Waals surface area contributed by atoms with Crippen molar-refractivity contribution < 1.29 is 14.3 Å². The molecular weight excluding hydrogens is 342 g/mol. The molecular formula is C16H23N5O3S. The lowest BCUT2D eigenvalue weighted by Gasteiger charge is -2.10. The Balaban J connectivity index is 1.88. The fraction of sp³-hybridized carbons (Fsp3) is 0.438. The van der Waals surface area contributed by atoms with Gasteiger partial charge in [0, 0.05) is 12.1 Å². The summed E-state index contributed by atoms with van der Waals surface area (Å²) in [7, 11) is 1.59. The summed E-state index contributed by atoms with van der Waals surface area (Å²) in [6.45, 7) is 4.14. The number of amides is 1. The molecule has 25 heavy (non-hydrogen) atoms. The minimum Gasteiger partial charge on any atom is -0.497 e. The molecule has 8 nitrogen and oxygen atoms in total. The second-order valence-electron chi connectivity index (χ2n) is 5.40. The third-order valence-corrected chi connectivity index (χ3v) is 4.44. The molecule has 9 heteroatoms. The highest BCUT2D eigenvalue weighted by Gasteiger charge is 2.13. The maximum atomic E-state index is 11.8. The van der Waals surface area contributed by atoms with E-state index in [-0.39, 0.29) is 24.3 Å². The molecule has 0 spiro atoms. The van der Waals surface area contributed by atoms with Gasteiger partial charge in [-0.2, -0.15) is 0 Å². The van der Waals surface area contributed by atoms with E-state index in [1.807, 2.05) is 32.0 Å². The number of benzene rings is 1. The van der Waals surface area contributed by atoms with E-state index in [4.69, 9.17) is 15.3 Å². The Labute approximate surface area is 151 Å². The van der Waals surface area contributed by atoms with Crippen LogP contribution in [-0.2, 0) is 11.4 Å². The van der Waals surface area contributed by atoms with Crippen molar-refractivity contribution in [2.75, 3.05) is 18.7 Å². The van der Waals surface area contributed by atoms with Crippen LogP contribution in [0.1, 0.15) is 26.1 Å². The Morgan fingerprint density at radius 2 is 2.16 bits per heavy atom. The van der Waals surface area contributed by atoms with Crippen molar-refractivity contribution in [3.05, 3.63) is 30.1 Å². The average Bonchev–Trinajstić information content (AvgIpc) is 2.98. The molecule has 0 bridgehead atoms. The van der Waals surface area contributed by atoms with Crippen LogP contribution in [0.2, 0.25) is 0 Å². The van der Waals surface area contributed by atoms with Crippen LogP contribution in [0.4, 0.5) is 0 Å². The maximum absolute atomic E-state index is 11.8. The number of aromatic nitrogens is 3. The molecule has 1 unspecified atom stereocenters. The van der Waals surface area contributed by atoms with Gasteiger partial charge in [0.25, 0.3) is 0 Å². The first kappa shape index (κ1) is 18.9. The molecule has 0 aliphatic rings. The summed E-state index contributed by atoms with van der Waals surface area (Å²) < 4.78 is 12.1. The Morgan fingerprint density at radius 1 is 1.40 bits per heavy atom. The Kier molecular flexibility index (Phi) is 6.93. The largest absolute Gasteiger partial charge is 0.497 e. The predicted octanol–water partition coefficient (Wildman–Crippen LogP) is 1.59. The van der Waals surface area contributed by atoms with E-state index in [2.05, 4.69) is 15.5 Å². The summed E-state index contributed by atoms with van der Waals surface area (Å²) in [6, 6.07) is 7.40. The molecule has 0 aliphatic heterocycles. The number of carbonyl (C=O) groups is 1. The highest BCUT2D eigenvalue weighted by molar-refractivity contribution is 7.99. The van der Waals surface area contributed by atoms with Crippen LogP contribution >= 0.6 is 11.8 Å². The Hall–Kier alpha value is -2.42. The number of ether oxygens (including phenoxy) is 2. The van der Waals surface area contributed by atoms with Gasteiger partial charge in [0.05, 0.1) is 12.9 Å². The summed E-state index contributed by atoms with van der Waals surface area (Å²) in [5.41, 5.74) is 0. The molecule has 136 valence electrons. The van der Waals surface area contributed by atoms with Crippen molar-refractivity contribution in [2.45, 2.75) is 38.1 Å². The molecule has 0 aliphatic carbocycles. The topological polar surface area (TPSA) is 104 Å². The van der Waals surface area contributed by atoms with Gasteiger partial charge in [0.1, 0.15) is 18.1 Å². The van der Waals surface area contributed by atoms with Gasteiger partial charge >= 0.3 is 0 Å². The molecule has 1 amide bonds. The first-order valence-corrected chi connectivity index (χ1v) is 8.90. The van der Waals surface area contributed by atoms with Gasteiger partial charge in [-0.25, -0.2) is 4.68 Å². The van der Waals surface area contributed by atoms with Gasteiger partial charge in [-0.15, -0.1) is 10.2 Å². The fourth-order valence-electron chi connectivity index (χ4n) is 1.89. The molecule has 0 radical (unpaired) electrons. The predicted molar refractivity (Wildman–Crippen MR) is 96.1 cm³/mol. The fourth-order valence-corrected chi connectivity index (χ4v) is 2.58. The lowest BCUT2D eigenvalue weighted by atomic mass is 10.3. The van der Waals surface area contributed by atoms with Crippen LogP contribution in [0.3, 0.4) is 0 Å². The van der Waals surface area contributed by atoms with E-state index in [0.29, 0.717) is 22.5 Å². The van der Waals surface area contributed by atoms with E-state index in [0.717, 1.165) is 6.42 Å². The van der Waals surface area contributed by atoms with Gasteiger partial charge in [0.2, 0.25) is 11.1 Å². The normalized spacial score (nSPS) is 11.8. The molecule has 1 atom stereocenters. The van der Waals surface area contributed by atoms with Crippen molar-refractivity contribution in [2.24, 2.45) is 0 Å². The minimum atomic E-state index is -0.0588. The first-order valence-electron chi connectivity index (χ1n) is 7.91. The molecule has 0 saturated heterocycles. The van der Waals surface area contributed by atoms with E-state index < -0.39 is 0 Å². The summed E-state index contributed by atoms with van der Waals surface area (Å²) in [5, 5.41) is 11.4. The summed E-state index contributed by atoms with van der Waals surface area (Å²) in [4.78, 5) is 11.8. The van der Waals surface area contributed by atoms with Crippen LogP contribution in [-0.4, -0.2) is 39.7 Å². The summed E-state index contributed by atoms with van der Waals surface area (Å²) >= 11 is 1.23. The zero-order chi connectivity index (χ0) is 18.2. The van der Waals surface area contributed by atoms with Crippen LogP contribution in [0.25, 0.3) is 0 Å².